The molecule has 1 N–H and O–H groups in total. The van der Waals surface area contributed by atoms with Crippen molar-refractivity contribution >= 4 is 44.6 Å². The number of anilines is 3. The van der Waals surface area contributed by atoms with E-state index in [9.17, 15) is 13.2 Å². The largest absolute Gasteiger partial charge is 0.476 e. The highest BCUT2D eigenvalue weighted by Crippen LogP contribution is 2.37. The molecule has 2 aromatic rings. The zero-order valence-electron chi connectivity index (χ0n) is 16.7. The number of nitrogens with one attached hydrogen (secondary N) is 1. The quantitative estimate of drug-likeness (QED) is 0.772. The van der Waals surface area contributed by atoms with Gasteiger partial charge in [-0.25, -0.2) is 8.42 Å². The second-order valence-corrected chi connectivity index (χ2v) is 9.94. The van der Waals surface area contributed by atoms with Crippen molar-refractivity contribution in [2.75, 3.05) is 40.4 Å². The standard InChI is InChI=1S/C21H24ClN3O4S/c1-30(27,28)25-14-20(29-19-10-5-15(22)13-18(19)25)21(26)23-16-6-8-17(9-7-16)24-11-3-2-4-12-24/h5-10,13,20H,2-4,11-12,14H2,1H3,(H,23,26)/t20-/m0/s1. The van der Waals surface area contributed by atoms with Gasteiger partial charge >= 0.3 is 0 Å². The summed E-state index contributed by atoms with van der Waals surface area (Å²) in [5, 5.41) is 3.22. The average Bonchev–Trinajstić information content (AvgIpc) is 2.73. The van der Waals surface area contributed by atoms with E-state index in [-0.39, 0.29) is 6.54 Å². The number of hydrogen-bond donors (Lipinski definition) is 1. The molecule has 1 atom stereocenters. The van der Waals surface area contributed by atoms with Gasteiger partial charge < -0.3 is 15.0 Å². The SMILES string of the molecule is CS(=O)(=O)N1C[C@@H](C(=O)Nc2ccc(N3CCCCC3)cc2)Oc2ccc(Cl)cc21. The zero-order chi connectivity index (χ0) is 21.3. The first-order valence-corrected chi connectivity index (χ1v) is 12.1. The van der Waals surface area contributed by atoms with Crippen molar-refractivity contribution in [3.05, 3.63) is 47.5 Å². The zero-order valence-corrected chi connectivity index (χ0v) is 18.2. The van der Waals surface area contributed by atoms with E-state index in [1.807, 2.05) is 24.3 Å². The summed E-state index contributed by atoms with van der Waals surface area (Å²) in [5.74, 6) is -0.105. The van der Waals surface area contributed by atoms with E-state index >= 15 is 0 Å². The molecule has 2 aromatic carbocycles. The molecule has 0 unspecified atom stereocenters. The lowest BCUT2D eigenvalue weighted by Gasteiger charge is -2.34. The van der Waals surface area contributed by atoms with Crippen LogP contribution in [0.1, 0.15) is 19.3 Å². The van der Waals surface area contributed by atoms with Gasteiger partial charge in [0.15, 0.2) is 6.10 Å². The molecule has 2 aliphatic rings. The Labute approximate surface area is 181 Å². The van der Waals surface area contributed by atoms with Crippen molar-refractivity contribution in [3.8, 4) is 5.75 Å². The molecule has 1 fully saturated rings. The van der Waals surface area contributed by atoms with Crippen molar-refractivity contribution in [3.63, 3.8) is 0 Å². The lowest BCUT2D eigenvalue weighted by atomic mass is 10.1. The van der Waals surface area contributed by atoms with Gasteiger partial charge in [-0.05, 0) is 61.7 Å². The predicted molar refractivity (Wildman–Crippen MR) is 119 cm³/mol. The summed E-state index contributed by atoms with van der Waals surface area (Å²) in [6.07, 6.45) is 3.78. The Morgan fingerprint density at radius 3 is 2.47 bits per heavy atom. The Hall–Kier alpha value is -2.45. The number of fused-ring (bicyclic) bond motifs is 1. The summed E-state index contributed by atoms with van der Waals surface area (Å²) in [6.45, 7) is 1.97. The van der Waals surface area contributed by atoms with Crippen molar-refractivity contribution in [2.24, 2.45) is 0 Å². The first-order chi connectivity index (χ1) is 14.3. The minimum Gasteiger partial charge on any atom is -0.476 e. The maximum Gasteiger partial charge on any atom is 0.267 e. The summed E-state index contributed by atoms with van der Waals surface area (Å²) in [4.78, 5) is 15.1. The number of sulfonamides is 1. The third kappa shape index (κ3) is 4.49. The minimum absolute atomic E-state index is 0.121. The smallest absolute Gasteiger partial charge is 0.267 e. The monoisotopic (exact) mass is 449 g/mol. The van der Waals surface area contributed by atoms with Crippen LogP contribution in [0.4, 0.5) is 17.1 Å². The molecule has 0 radical (unpaired) electrons. The maximum atomic E-state index is 12.8. The average molecular weight is 450 g/mol. The van der Waals surface area contributed by atoms with Gasteiger partial charge in [0.05, 0.1) is 18.5 Å². The summed E-state index contributed by atoms with van der Waals surface area (Å²) < 4.78 is 31.5. The molecule has 1 amide bonds. The Morgan fingerprint density at radius 2 is 1.80 bits per heavy atom. The summed E-state index contributed by atoms with van der Waals surface area (Å²) in [7, 11) is -3.60. The molecule has 2 heterocycles. The lowest BCUT2D eigenvalue weighted by molar-refractivity contribution is -0.122. The van der Waals surface area contributed by atoms with Gasteiger partial charge in [0.25, 0.3) is 5.91 Å². The third-order valence-electron chi connectivity index (χ3n) is 5.34. The van der Waals surface area contributed by atoms with Gasteiger partial charge in [-0.15, -0.1) is 0 Å². The summed E-state index contributed by atoms with van der Waals surface area (Å²) in [5.41, 5.74) is 2.10. The Morgan fingerprint density at radius 1 is 1.10 bits per heavy atom. The minimum atomic E-state index is -3.60. The highest BCUT2D eigenvalue weighted by molar-refractivity contribution is 7.92. The van der Waals surface area contributed by atoms with E-state index in [2.05, 4.69) is 10.2 Å². The molecule has 7 nitrogen and oxygen atoms in total. The fourth-order valence-corrected chi connectivity index (χ4v) is 4.88. The van der Waals surface area contributed by atoms with Crippen LogP contribution in [0.25, 0.3) is 0 Å². The van der Waals surface area contributed by atoms with Crippen molar-refractivity contribution in [2.45, 2.75) is 25.4 Å². The van der Waals surface area contributed by atoms with E-state index in [1.54, 1.807) is 12.1 Å². The van der Waals surface area contributed by atoms with Gasteiger partial charge in [0, 0.05) is 29.5 Å². The summed E-state index contributed by atoms with van der Waals surface area (Å²) >= 11 is 6.01. The molecule has 0 spiro atoms. The van der Waals surface area contributed by atoms with Crippen LogP contribution in [0.3, 0.4) is 0 Å². The van der Waals surface area contributed by atoms with Gasteiger partial charge in [0.2, 0.25) is 10.0 Å². The summed E-state index contributed by atoms with van der Waals surface area (Å²) in [6, 6.07) is 12.4. The fourth-order valence-electron chi connectivity index (χ4n) is 3.81. The van der Waals surface area contributed by atoms with Crippen molar-refractivity contribution in [1.82, 2.24) is 0 Å². The normalized spacial score (nSPS) is 19.1. The lowest BCUT2D eigenvalue weighted by Crippen LogP contribution is -2.48. The van der Waals surface area contributed by atoms with Crippen LogP contribution in [0.5, 0.6) is 5.75 Å². The second-order valence-electron chi connectivity index (χ2n) is 7.60. The van der Waals surface area contributed by atoms with Gasteiger partial charge in [-0.2, -0.15) is 0 Å². The highest BCUT2D eigenvalue weighted by atomic mass is 35.5. The Balaban J connectivity index is 1.49. The van der Waals surface area contributed by atoms with E-state index in [0.717, 1.165) is 29.3 Å². The van der Waals surface area contributed by atoms with E-state index in [0.29, 0.717) is 22.1 Å². The second kappa shape index (κ2) is 8.35. The number of nitrogens with zero attached hydrogens (tertiary/aromatic N) is 2. The molecule has 1 saturated heterocycles. The topological polar surface area (TPSA) is 79.0 Å². The van der Waals surface area contributed by atoms with E-state index < -0.39 is 22.0 Å². The number of amides is 1. The molecule has 30 heavy (non-hydrogen) atoms. The first-order valence-electron chi connectivity index (χ1n) is 9.91. The van der Waals surface area contributed by atoms with Gasteiger partial charge in [-0.3, -0.25) is 9.10 Å². The third-order valence-corrected chi connectivity index (χ3v) is 6.72. The predicted octanol–water partition coefficient (Wildman–Crippen LogP) is 3.50. The van der Waals surface area contributed by atoms with Crippen molar-refractivity contribution < 1.29 is 17.9 Å². The number of hydrogen-bond acceptors (Lipinski definition) is 5. The molecular formula is C21H24ClN3O4S. The highest BCUT2D eigenvalue weighted by Gasteiger charge is 2.35. The Bertz CT molecular complexity index is 1040. The number of carbonyl (C=O) groups excluding carboxylic acids is 1. The van der Waals surface area contributed by atoms with Gasteiger partial charge in [-0.1, -0.05) is 11.6 Å². The molecule has 0 aliphatic carbocycles. The molecule has 2 aliphatic heterocycles. The first kappa shape index (κ1) is 20.8. The number of piperidine rings is 1. The molecule has 0 saturated carbocycles. The number of benzene rings is 2. The van der Waals surface area contributed by atoms with Crippen LogP contribution in [-0.4, -0.2) is 46.3 Å². The van der Waals surface area contributed by atoms with E-state index in [1.165, 1.54) is 25.3 Å². The number of ether oxygens (including phenoxy) is 1. The number of rotatable bonds is 4. The van der Waals surface area contributed by atoms with Crippen LogP contribution in [-0.2, 0) is 14.8 Å². The van der Waals surface area contributed by atoms with Crippen LogP contribution in [0.15, 0.2) is 42.5 Å². The van der Waals surface area contributed by atoms with E-state index in [4.69, 9.17) is 16.3 Å². The van der Waals surface area contributed by atoms with Crippen LogP contribution >= 0.6 is 11.6 Å². The molecular weight excluding hydrogens is 426 g/mol. The van der Waals surface area contributed by atoms with Crippen molar-refractivity contribution in [1.29, 1.82) is 0 Å². The maximum absolute atomic E-state index is 12.8. The molecule has 9 heteroatoms. The molecule has 0 bridgehead atoms. The van der Waals surface area contributed by atoms with Crippen LogP contribution in [0.2, 0.25) is 5.02 Å². The van der Waals surface area contributed by atoms with Gasteiger partial charge in [0.1, 0.15) is 5.75 Å². The Kier molecular flexibility index (Phi) is 5.79. The molecule has 0 aromatic heterocycles. The van der Waals surface area contributed by atoms with Crippen LogP contribution < -0.4 is 19.3 Å². The fraction of sp³-hybridized carbons (Fsp3) is 0.381. The molecule has 4 rings (SSSR count). The number of carbonyl (C=O) groups is 1. The number of halogens is 1. The van der Waals surface area contributed by atoms with Crippen LogP contribution in [0, 0.1) is 0 Å². The molecule has 160 valence electrons.